The maximum absolute atomic E-state index is 11.3. The van der Waals surface area contributed by atoms with Crippen LogP contribution in [0.5, 0.6) is 0 Å². The van der Waals surface area contributed by atoms with E-state index in [1.54, 1.807) is 24.3 Å². The number of carbonyl (C=O) groups is 3. The zero-order valence-corrected chi connectivity index (χ0v) is 9.67. The highest BCUT2D eigenvalue weighted by molar-refractivity contribution is 6.30. The summed E-state index contributed by atoms with van der Waals surface area (Å²) in [5.74, 6) is -0.554. The number of anilines is 1. The first-order chi connectivity index (χ1) is 7.97. The van der Waals surface area contributed by atoms with Gasteiger partial charge in [0, 0.05) is 17.6 Å². The molecule has 0 aliphatic carbocycles. The van der Waals surface area contributed by atoms with Crippen LogP contribution >= 0.6 is 11.6 Å². The van der Waals surface area contributed by atoms with Crippen molar-refractivity contribution in [1.29, 1.82) is 0 Å². The summed E-state index contributed by atoms with van der Waals surface area (Å²) >= 11 is 5.66. The van der Waals surface area contributed by atoms with Gasteiger partial charge in [-0.25, -0.2) is 9.59 Å². The first-order valence-electron chi connectivity index (χ1n) is 4.62. The van der Waals surface area contributed by atoms with Crippen molar-refractivity contribution in [2.24, 2.45) is 0 Å². The van der Waals surface area contributed by atoms with Gasteiger partial charge in [0.2, 0.25) is 5.91 Å². The zero-order valence-electron chi connectivity index (χ0n) is 8.91. The molecule has 0 heterocycles. The minimum atomic E-state index is -0.885. The molecule has 3 N–H and O–H groups in total. The fourth-order valence-corrected chi connectivity index (χ4v) is 1.12. The smallest absolute Gasteiger partial charge is 0.308 e. The predicted octanol–water partition coefficient (Wildman–Crippen LogP) is 1.72. The molecule has 0 spiro atoms. The van der Waals surface area contributed by atoms with Gasteiger partial charge in [0.1, 0.15) is 0 Å². The Hall–Kier alpha value is -2.08. The van der Waals surface area contributed by atoms with Gasteiger partial charge in [-0.3, -0.25) is 15.4 Å². The molecule has 0 saturated heterocycles. The third-order valence-corrected chi connectivity index (χ3v) is 1.87. The lowest BCUT2D eigenvalue weighted by molar-refractivity contribution is -0.117. The van der Waals surface area contributed by atoms with Crippen LogP contribution in [0.2, 0.25) is 5.02 Å². The molecule has 17 heavy (non-hydrogen) atoms. The normalized spacial score (nSPS) is 9.29. The van der Waals surface area contributed by atoms with E-state index in [0.717, 1.165) is 6.92 Å². The number of urea groups is 2. The fraction of sp³-hybridized carbons (Fsp3) is 0.100. The van der Waals surface area contributed by atoms with E-state index >= 15 is 0 Å². The summed E-state index contributed by atoms with van der Waals surface area (Å²) < 4.78 is 0. The summed E-state index contributed by atoms with van der Waals surface area (Å²) in [6.45, 7) is 1.16. The topological polar surface area (TPSA) is 87.3 Å². The molecule has 0 radical (unpaired) electrons. The van der Waals surface area contributed by atoms with Crippen molar-refractivity contribution in [2.75, 3.05) is 5.32 Å². The number of hydrogen-bond donors (Lipinski definition) is 3. The van der Waals surface area contributed by atoms with Crippen LogP contribution < -0.4 is 16.0 Å². The van der Waals surface area contributed by atoms with E-state index in [-0.39, 0.29) is 0 Å². The van der Waals surface area contributed by atoms with Gasteiger partial charge in [-0.15, -0.1) is 0 Å². The Morgan fingerprint density at radius 3 is 2.12 bits per heavy atom. The molecule has 0 atom stereocenters. The Balaban J connectivity index is 2.47. The maximum atomic E-state index is 11.3. The summed E-state index contributed by atoms with van der Waals surface area (Å²) in [5.41, 5.74) is 0.475. The molecule has 0 fully saturated rings. The Kier molecular flexibility index (Phi) is 4.47. The van der Waals surface area contributed by atoms with Crippen molar-refractivity contribution >= 4 is 35.3 Å². The number of amides is 5. The summed E-state index contributed by atoms with van der Waals surface area (Å²) in [6.07, 6.45) is 0. The molecule has 0 unspecified atom stereocenters. The van der Waals surface area contributed by atoms with Gasteiger partial charge in [0.25, 0.3) is 0 Å². The number of hydrogen-bond acceptors (Lipinski definition) is 3. The number of rotatable bonds is 1. The Morgan fingerprint density at radius 2 is 1.59 bits per heavy atom. The van der Waals surface area contributed by atoms with Crippen molar-refractivity contribution in [2.45, 2.75) is 6.92 Å². The van der Waals surface area contributed by atoms with Crippen LogP contribution in [0.1, 0.15) is 6.92 Å². The molecular weight excluding hydrogens is 246 g/mol. The second-order valence-electron chi connectivity index (χ2n) is 3.10. The number of benzene rings is 1. The summed E-state index contributed by atoms with van der Waals surface area (Å²) in [4.78, 5) is 32.8. The second kappa shape index (κ2) is 5.86. The minimum Gasteiger partial charge on any atom is -0.308 e. The van der Waals surface area contributed by atoms with E-state index in [0.29, 0.717) is 10.7 Å². The van der Waals surface area contributed by atoms with Crippen molar-refractivity contribution in [1.82, 2.24) is 10.6 Å². The van der Waals surface area contributed by atoms with Gasteiger partial charge in [0.15, 0.2) is 0 Å². The van der Waals surface area contributed by atoms with E-state index in [1.165, 1.54) is 0 Å². The molecule has 1 aromatic carbocycles. The lowest BCUT2D eigenvalue weighted by Crippen LogP contribution is -2.43. The van der Waals surface area contributed by atoms with E-state index < -0.39 is 18.0 Å². The molecule has 90 valence electrons. The second-order valence-corrected chi connectivity index (χ2v) is 3.53. The lowest BCUT2D eigenvalue weighted by atomic mass is 10.3. The van der Waals surface area contributed by atoms with Gasteiger partial charge in [-0.2, -0.15) is 0 Å². The van der Waals surface area contributed by atoms with Crippen molar-refractivity contribution < 1.29 is 14.4 Å². The van der Waals surface area contributed by atoms with Crippen LogP contribution in [0.15, 0.2) is 24.3 Å². The van der Waals surface area contributed by atoms with Gasteiger partial charge in [-0.1, -0.05) is 11.6 Å². The van der Waals surface area contributed by atoms with Gasteiger partial charge < -0.3 is 5.32 Å². The molecular formula is C10H10ClN3O3. The number of nitrogens with one attached hydrogen (secondary N) is 3. The van der Waals surface area contributed by atoms with Crippen LogP contribution in [0.4, 0.5) is 15.3 Å². The summed E-state index contributed by atoms with van der Waals surface area (Å²) in [7, 11) is 0. The zero-order chi connectivity index (χ0) is 12.8. The van der Waals surface area contributed by atoms with Crippen LogP contribution in [0.25, 0.3) is 0 Å². The highest BCUT2D eigenvalue weighted by Gasteiger charge is 2.08. The van der Waals surface area contributed by atoms with Gasteiger partial charge >= 0.3 is 12.1 Å². The van der Waals surface area contributed by atoms with Crippen molar-refractivity contribution in [3.8, 4) is 0 Å². The standard InChI is InChI=1S/C10H10ClN3O3/c1-6(15)12-9(16)14-10(17)13-8-4-2-7(11)3-5-8/h2-5H,1H3,(H3,12,13,14,15,16,17). The lowest BCUT2D eigenvalue weighted by Gasteiger charge is -2.06. The molecule has 0 aromatic heterocycles. The van der Waals surface area contributed by atoms with Crippen molar-refractivity contribution in [3.05, 3.63) is 29.3 Å². The predicted molar refractivity (Wildman–Crippen MR) is 62.8 cm³/mol. The number of halogens is 1. The number of carbonyl (C=O) groups excluding carboxylic acids is 3. The van der Waals surface area contributed by atoms with E-state index in [4.69, 9.17) is 11.6 Å². The van der Waals surface area contributed by atoms with Crippen molar-refractivity contribution in [3.63, 3.8) is 0 Å². The quantitative estimate of drug-likeness (QED) is 0.714. The first-order valence-corrected chi connectivity index (χ1v) is 5.00. The Labute approximate surface area is 102 Å². The van der Waals surface area contributed by atoms with Crippen LogP contribution in [0, 0.1) is 0 Å². The molecule has 5 amide bonds. The van der Waals surface area contributed by atoms with Gasteiger partial charge in [0.05, 0.1) is 0 Å². The summed E-state index contributed by atoms with van der Waals surface area (Å²) in [5, 5.41) is 6.74. The van der Waals surface area contributed by atoms with E-state index in [1.807, 2.05) is 10.6 Å². The van der Waals surface area contributed by atoms with E-state index in [2.05, 4.69) is 5.32 Å². The maximum Gasteiger partial charge on any atom is 0.329 e. The molecule has 7 heteroatoms. The third-order valence-electron chi connectivity index (χ3n) is 1.62. The molecule has 1 aromatic rings. The highest BCUT2D eigenvalue weighted by atomic mass is 35.5. The summed E-state index contributed by atoms with van der Waals surface area (Å²) in [6, 6.07) is 4.70. The van der Waals surface area contributed by atoms with Crippen LogP contribution in [-0.4, -0.2) is 18.0 Å². The Bertz CT molecular complexity index is 445. The largest absolute Gasteiger partial charge is 0.329 e. The fourth-order valence-electron chi connectivity index (χ4n) is 0.990. The average molecular weight is 256 g/mol. The molecule has 1 rings (SSSR count). The number of imide groups is 2. The third kappa shape index (κ3) is 4.98. The SMILES string of the molecule is CC(=O)NC(=O)NC(=O)Nc1ccc(Cl)cc1. The molecule has 0 aliphatic heterocycles. The van der Waals surface area contributed by atoms with E-state index in [9.17, 15) is 14.4 Å². The first kappa shape index (κ1) is 13.0. The molecule has 0 saturated carbocycles. The molecule has 6 nitrogen and oxygen atoms in total. The van der Waals surface area contributed by atoms with Crippen LogP contribution in [0.3, 0.4) is 0 Å². The monoisotopic (exact) mass is 255 g/mol. The van der Waals surface area contributed by atoms with Gasteiger partial charge in [-0.05, 0) is 24.3 Å². The molecule has 0 bridgehead atoms. The Morgan fingerprint density at radius 1 is 1.00 bits per heavy atom. The highest BCUT2D eigenvalue weighted by Crippen LogP contribution is 2.12. The molecule has 0 aliphatic rings. The average Bonchev–Trinajstić information content (AvgIpc) is 2.19. The minimum absolute atomic E-state index is 0.475. The van der Waals surface area contributed by atoms with Crippen LogP contribution in [-0.2, 0) is 4.79 Å².